The van der Waals surface area contributed by atoms with Crippen molar-refractivity contribution in [2.24, 2.45) is 0 Å². The van der Waals surface area contributed by atoms with E-state index < -0.39 is 5.97 Å². The molecule has 0 saturated carbocycles. The van der Waals surface area contributed by atoms with Crippen molar-refractivity contribution in [1.29, 1.82) is 0 Å². The molecule has 0 unspecified atom stereocenters. The predicted molar refractivity (Wildman–Crippen MR) is 56.0 cm³/mol. The molecule has 5 heteroatoms. The van der Waals surface area contributed by atoms with Crippen molar-refractivity contribution in [3.05, 3.63) is 41.3 Å². The molecule has 15 heavy (non-hydrogen) atoms. The van der Waals surface area contributed by atoms with Gasteiger partial charge in [0, 0.05) is 18.0 Å². The molecule has 76 valence electrons. The Balaban J connectivity index is 2.37. The monoisotopic (exact) mass is 222 g/mol. The normalized spacial score (nSPS) is 10.2. The van der Waals surface area contributed by atoms with Gasteiger partial charge in [0.25, 0.3) is 0 Å². The lowest BCUT2D eigenvalue weighted by Gasteiger charge is -1.95. The summed E-state index contributed by atoms with van der Waals surface area (Å²) < 4.78 is 0. The highest BCUT2D eigenvalue weighted by atomic mass is 35.5. The van der Waals surface area contributed by atoms with Crippen LogP contribution in [0.1, 0.15) is 10.5 Å². The van der Waals surface area contributed by atoms with Crippen molar-refractivity contribution in [3.8, 4) is 11.3 Å². The molecule has 0 radical (unpaired) electrons. The van der Waals surface area contributed by atoms with Crippen LogP contribution in [0, 0.1) is 0 Å². The van der Waals surface area contributed by atoms with Crippen molar-refractivity contribution in [2.75, 3.05) is 0 Å². The van der Waals surface area contributed by atoms with E-state index >= 15 is 0 Å². The van der Waals surface area contributed by atoms with Gasteiger partial charge in [-0.3, -0.25) is 4.98 Å². The van der Waals surface area contributed by atoms with Crippen LogP contribution in [0.15, 0.2) is 30.6 Å². The van der Waals surface area contributed by atoms with Crippen LogP contribution in [0.5, 0.6) is 0 Å². The Bertz CT molecular complexity index is 490. The largest absolute Gasteiger partial charge is 0.477 e. The highest BCUT2D eigenvalue weighted by molar-refractivity contribution is 6.30. The quantitative estimate of drug-likeness (QED) is 0.820. The average Bonchev–Trinajstić information content (AvgIpc) is 2.68. The number of pyridine rings is 1. The zero-order valence-electron chi connectivity index (χ0n) is 7.57. The number of carboxylic acid groups (broad SMARTS) is 1. The molecule has 0 atom stereocenters. The van der Waals surface area contributed by atoms with E-state index in [9.17, 15) is 4.79 Å². The van der Waals surface area contributed by atoms with Crippen LogP contribution in [0.2, 0.25) is 5.02 Å². The molecular weight excluding hydrogens is 216 g/mol. The summed E-state index contributed by atoms with van der Waals surface area (Å²) in [6, 6.07) is 4.97. The zero-order chi connectivity index (χ0) is 10.8. The summed E-state index contributed by atoms with van der Waals surface area (Å²) in [5, 5.41) is 9.27. The summed E-state index contributed by atoms with van der Waals surface area (Å²) in [4.78, 5) is 17.3. The van der Waals surface area contributed by atoms with E-state index in [1.165, 1.54) is 12.3 Å². The lowest BCUT2D eigenvalue weighted by Crippen LogP contribution is -1.94. The smallest absolute Gasteiger partial charge is 0.352 e. The Labute approximate surface area is 90.5 Å². The Morgan fingerprint density at radius 2 is 2.27 bits per heavy atom. The van der Waals surface area contributed by atoms with Crippen molar-refractivity contribution >= 4 is 17.6 Å². The van der Waals surface area contributed by atoms with Gasteiger partial charge in [0.1, 0.15) is 5.69 Å². The van der Waals surface area contributed by atoms with Gasteiger partial charge in [-0.25, -0.2) is 4.79 Å². The summed E-state index contributed by atoms with van der Waals surface area (Å²) in [7, 11) is 0. The number of nitrogens with one attached hydrogen (secondary N) is 1. The van der Waals surface area contributed by atoms with E-state index in [1.807, 2.05) is 0 Å². The molecule has 0 spiro atoms. The first-order valence-corrected chi connectivity index (χ1v) is 4.58. The van der Waals surface area contributed by atoms with Gasteiger partial charge in [-0.1, -0.05) is 11.6 Å². The van der Waals surface area contributed by atoms with Crippen molar-refractivity contribution in [1.82, 2.24) is 9.97 Å². The predicted octanol–water partition coefficient (Wildman–Crippen LogP) is 2.43. The van der Waals surface area contributed by atoms with Crippen molar-refractivity contribution in [2.45, 2.75) is 0 Å². The molecule has 2 aromatic heterocycles. The highest BCUT2D eigenvalue weighted by Gasteiger charge is 2.07. The number of hydrogen-bond acceptors (Lipinski definition) is 2. The molecule has 0 aliphatic heterocycles. The molecule has 0 aromatic carbocycles. The fourth-order valence-electron chi connectivity index (χ4n) is 1.21. The first-order chi connectivity index (χ1) is 7.16. The highest BCUT2D eigenvalue weighted by Crippen LogP contribution is 2.19. The average molecular weight is 223 g/mol. The van der Waals surface area contributed by atoms with Gasteiger partial charge in [0.2, 0.25) is 0 Å². The zero-order valence-corrected chi connectivity index (χ0v) is 8.32. The van der Waals surface area contributed by atoms with E-state index in [4.69, 9.17) is 16.7 Å². The lowest BCUT2D eigenvalue weighted by molar-refractivity contribution is 0.0691. The molecule has 2 heterocycles. The number of rotatable bonds is 2. The van der Waals surface area contributed by atoms with Crippen LogP contribution in [-0.2, 0) is 0 Å². The molecule has 2 N–H and O–H groups in total. The molecule has 2 aromatic rings. The van der Waals surface area contributed by atoms with E-state index in [1.54, 1.807) is 18.3 Å². The topological polar surface area (TPSA) is 66.0 Å². The summed E-state index contributed by atoms with van der Waals surface area (Å²) >= 11 is 5.69. The number of aromatic nitrogens is 2. The van der Waals surface area contributed by atoms with Gasteiger partial charge in [-0.2, -0.15) is 0 Å². The number of H-pyrrole nitrogens is 1. The molecular formula is C10H7ClN2O2. The SMILES string of the molecule is O=C(O)c1cc(-c2ccc(Cl)cn2)c[nH]1. The van der Waals surface area contributed by atoms with Crippen molar-refractivity contribution < 1.29 is 9.90 Å². The van der Waals surface area contributed by atoms with Crippen LogP contribution >= 0.6 is 11.6 Å². The minimum absolute atomic E-state index is 0.141. The first-order valence-electron chi connectivity index (χ1n) is 4.20. The number of aromatic carboxylic acids is 1. The maximum absolute atomic E-state index is 10.6. The second-order valence-corrected chi connectivity index (χ2v) is 3.41. The minimum atomic E-state index is -0.991. The number of carbonyl (C=O) groups is 1. The minimum Gasteiger partial charge on any atom is -0.477 e. The number of aromatic amines is 1. The Morgan fingerprint density at radius 1 is 1.47 bits per heavy atom. The molecule has 0 fully saturated rings. The standard InChI is InChI=1S/C10H7ClN2O2/c11-7-1-2-8(13-5-7)6-3-9(10(14)15)12-4-6/h1-5,12H,(H,14,15). The third kappa shape index (κ3) is 1.99. The molecule has 0 saturated heterocycles. The molecule has 0 aliphatic rings. The lowest BCUT2D eigenvalue weighted by atomic mass is 10.2. The van der Waals surface area contributed by atoms with Gasteiger partial charge in [0.05, 0.1) is 10.7 Å². The van der Waals surface area contributed by atoms with Crippen molar-refractivity contribution in [3.63, 3.8) is 0 Å². The van der Waals surface area contributed by atoms with Gasteiger partial charge in [0.15, 0.2) is 0 Å². The number of carboxylic acids is 1. The third-order valence-electron chi connectivity index (χ3n) is 1.94. The molecule has 2 rings (SSSR count). The number of halogens is 1. The summed E-state index contributed by atoms with van der Waals surface area (Å²) in [6.07, 6.45) is 3.12. The van der Waals surface area contributed by atoms with Crippen LogP contribution in [0.25, 0.3) is 11.3 Å². The first kappa shape index (κ1) is 9.73. The summed E-state index contributed by atoms with van der Waals surface area (Å²) in [6.45, 7) is 0. The van der Waals surface area contributed by atoms with Gasteiger partial charge < -0.3 is 10.1 Å². The summed E-state index contributed by atoms with van der Waals surface area (Å²) in [5.41, 5.74) is 1.55. The van der Waals surface area contributed by atoms with Gasteiger partial charge in [-0.15, -0.1) is 0 Å². The molecule has 0 aliphatic carbocycles. The maximum atomic E-state index is 10.6. The fraction of sp³-hybridized carbons (Fsp3) is 0. The van der Waals surface area contributed by atoms with Gasteiger partial charge >= 0.3 is 5.97 Å². The molecule has 0 amide bonds. The molecule has 0 bridgehead atoms. The second kappa shape index (κ2) is 3.74. The van der Waals surface area contributed by atoms with Crippen LogP contribution < -0.4 is 0 Å². The van der Waals surface area contributed by atoms with E-state index in [2.05, 4.69) is 9.97 Å². The molecule has 4 nitrogen and oxygen atoms in total. The number of hydrogen-bond donors (Lipinski definition) is 2. The van der Waals surface area contributed by atoms with Crippen LogP contribution in [-0.4, -0.2) is 21.0 Å². The van der Waals surface area contributed by atoms with Gasteiger partial charge in [-0.05, 0) is 18.2 Å². The number of nitrogens with zero attached hydrogens (tertiary/aromatic N) is 1. The van der Waals surface area contributed by atoms with E-state index in [-0.39, 0.29) is 5.69 Å². The third-order valence-corrected chi connectivity index (χ3v) is 2.16. The Kier molecular flexibility index (Phi) is 2.43. The Hall–Kier alpha value is -1.81. The van der Waals surface area contributed by atoms with E-state index in [0.717, 1.165) is 5.56 Å². The van der Waals surface area contributed by atoms with Crippen LogP contribution in [0.4, 0.5) is 0 Å². The van der Waals surface area contributed by atoms with Crippen LogP contribution in [0.3, 0.4) is 0 Å². The summed E-state index contributed by atoms with van der Waals surface area (Å²) in [5.74, 6) is -0.991. The second-order valence-electron chi connectivity index (χ2n) is 2.97. The van der Waals surface area contributed by atoms with E-state index in [0.29, 0.717) is 10.7 Å². The maximum Gasteiger partial charge on any atom is 0.352 e. The fourth-order valence-corrected chi connectivity index (χ4v) is 1.32. The Morgan fingerprint density at radius 3 is 2.80 bits per heavy atom.